The lowest BCUT2D eigenvalue weighted by Gasteiger charge is -2.39. The predicted octanol–water partition coefficient (Wildman–Crippen LogP) is 1.17. The highest BCUT2D eigenvalue weighted by molar-refractivity contribution is 6.39. The molecule has 0 bridgehead atoms. The molecule has 184 valence electrons. The highest BCUT2D eigenvalue weighted by atomic mass is 35.5. The third-order valence-electron chi connectivity index (χ3n) is 5.38. The van der Waals surface area contributed by atoms with E-state index in [1.54, 1.807) is 6.07 Å². The molecule has 13 heteroatoms. The van der Waals surface area contributed by atoms with Gasteiger partial charge in [0, 0.05) is 18.2 Å². The van der Waals surface area contributed by atoms with Crippen molar-refractivity contribution in [1.82, 2.24) is 0 Å². The van der Waals surface area contributed by atoms with Crippen LogP contribution in [0.5, 0.6) is 17.2 Å². The standard InChI is InChI=1S/C21H20Cl2FNO9/c22-8-2-1-3-9(23)12(8)13-17(10(24)4-11-18(13)32-7(5-25)6-31-11)33-21-16(28)14(26)15(27)19(34-21)20(29)30/h1-4,7,14-16,19,21,26-28H,5-6,25H2,(H,29,30)/t7-,14?,15?,16?,19?,21?/m0/s1. The van der Waals surface area contributed by atoms with Crippen LogP contribution < -0.4 is 19.9 Å². The van der Waals surface area contributed by atoms with Gasteiger partial charge in [0.1, 0.15) is 31.0 Å². The van der Waals surface area contributed by atoms with E-state index in [4.69, 9.17) is 47.9 Å². The summed E-state index contributed by atoms with van der Waals surface area (Å²) in [5.41, 5.74) is 5.69. The van der Waals surface area contributed by atoms with Crippen molar-refractivity contribution in [3.05, 3.63) is 40.1 Å². The number of nitrogens with two attached hydrogens (primary N) is 1. The van der Waals surface area contributed by atoms with E-state index in [2.05, 4.69) is 0 Å². The topological polar surface area (TPSA) is 161 Å². The van der Waals surface area contributed by atoms with E-state index in [1.165, 1.54) is 12.1 Å². The molecule has 2 aromatic rings. The summed E-state index contributed by atoms with van der Waals surface area (Å²) in [7, 11) is 0. The summed E-state index contributed by atoms with van der Waals surface area (Å²) in [4.78, 5) is 11.4. The molecule has 2 aliphatic rings. The Balaban J connectivity index is 1.87. The van der Waals surface area contributed by atoms with Gasteiger partial charge < -0.3 is 45.1 Å². The maximum Gasteiger partial charge on any atom is 0.335 e. The number of fused-ring (bicyclic) bond motifs is 1. The van der Waals surface area contributed by atoms with Crippen LogP contribution in [0.4, 0.5) is 4.39 Å². The van der Waals surface area contributed by atoms with Gasteiger partial charge in [-0.25, -0.2) is 9.18 Å². The van der Waals surface area contributed by atoms with Crippen LogP contribution in [0.3, 0.4) is 0 Å². The number of aliphatic hydroxyl groups excluding tert-OH is 3. The minimum absolute atomic E-state index is 0.00418. The molecule has 0 radical (unpaired) electrons. The van der Waals surface area contributed by atoms with Gasteiger partial charge in [-0.1, -0.05) is 29.3 Å². The molecule has 1 saturated heterocycles. The van der Waals surface area contributed by atoms with Gasteiger partial charge in [-0.05, 0) is 12.1 Å². The summed E-state index contributed by atoms with van der Waals surface area (Å²) in [6.07, 6.45) is -10.3. The van der Waals surface area contributed by atoms with Crippen molar-refractivity contribution in [2.75, 3.05) is 13.2 Å². The quantitative estimate of drug-likeness (QED) is 0.387. The minimum atomic E-state index is -1.96. The molecule has 0 spiro atoms. The molecule has 5 unspecified atom stereocenters. The molecule has 6 N–H and O–H groups in total. The van der Waals surface area contributed by atoms with Gasteiger partial charge in [0.15, 0.2) is 29.2 Å². The van der Waals surface area contributed by atoms with Crippen LogP contribution in [0.15, 0.2) is 24.3 Å². The first-order valence-corrected chi connectivity index (χ1v) is 10.8. The summed E-state index contributed by atoms with van der Waals surface area (Å²) in [6, 6.07) is 5.49. The average Bonchev–Trinajstić information content (AvgIpc) is 2.80. The number of rotatable bonds is 5. The number of ether oxygens (including phenoxy) is 4. The number of carbonyl (C=O) groups is 1. The van der Waals surface area contributed by atoms with E-state index in [-0.39, 0.29) is 45.8 Å². The second-order valence-electron chi connectivity index (χ2n) is 7.63. The Morgan fingerprint density at radius 2 is 1.82 bits per heavy atom. The average molecular weight is 520 g/mol. The van der Waals surface area contributed by atoms with E-state index >= 15 is 4.39 Å². The summed E-state index contributed by atoms with van der Waals surface area (Å²) >= 11 is 12.7. The Kier molecular flexibility index (Phi) is 7.06. The van der Waals surface area contributed by atoms with Crippen LogP contribution in [-0.2, 0) is 9.53 Å². The number of carboxylic acid groups (broad SMARTS) is 1. The number of halogens is 3. The van der Waals surface area contributed by atoms with Crippen LogP contribution in [0.1, 0.15) is 0 Å². The Bertz CT molecular complexity index is 1080. The Morgan fingerprint density at radius 3 is 2.44 bits per heavy atom. The number of carboxylic acids is 1. The summed E-state index contributed by atoms with van der Waals surface area (Å²) in [6.45, 7) is 0.116. The third-order valence-corrected chi connectivity index (χ3v) is 6.01. The maximum atomic E-state index is 15.3. The number of benzene rings is 2. The second-order valence-corrected chi connectivity index (χ2v) is 8.44. The maximum absolute atomic E-state index is 15.3. The highest BCUT2D eigenvalue weighted by Crippen LogP contribution is 2.52. The van der Waals surface area contributed by atoms with Crippen molar-refractivity contribution in [3.8, 4) is 28.4 Å². The zero-order valence-electron chi connectivity index (χ0n) is 17.2. The zero-order chi connectivity index (χ0) is 24.7. The number of hydrogen-bond acceptors (Lipinski definition) is 9. The van der Waals surface area contributed by atoms with Gasteiger partial charge in [-0.15, -0.1) is 0 Å². The summed E-state index contributed by atoms with van der Waals surface area (Å²) in [5, 5.41) is 39.8. The molecule has 2 heterocycles. The molecule has 10 nitrogen and oxygen atoms in total. The Hall–Kier alpha value is -2.38. The lowest BCUT2D eigenvalue weighted by atomic mass is 9.98. The van der Waals surface area contributed by atoms with Crippen LogP contribution in [0, 0.1) is 5.82 Å². The Labute approximate surface area is 202 Å². The van der Waals surface area contributed by atoms with Gasteiger partial charge in [0.25, 0.3) is 0 Å². The molecule has 6 atom stereocenters. The number of aliphatic carboxylic acids is 1. The zero-order valence-corrected chi connectivity index (χ0v) is 18.7. The van der Waals surface area contributed by atoms with Gasteiger partial charge in [-0.2, -0.15) is 0 Å². The van der Waals surface area contributed by atoms with Crippen molar-refractivity contribution < 1.29 is 48.6 Å². The smallest absolute Gasteiger partial charge is 0.335 e. The van der Waals surface area contributed by atoms with Crippen molar-refractivity contribution in [2.24, 2.45) is 5.73 Å². The minimum Gasteiger partial charge on any atom is -0.486 e. The molecular weight excluding hydrogens is 500 g/mol. The van der Waals surface area contributed by atoms with Crippen molar-refractivity contribution in [2.45, 2.75) is 36.8 Å². The highest BCUT2D eigenvalue weighted by Gasteiger charge is 2.48. The molecule has 0 aliphatic carbocycles. The SMILES string of the molecule is NC[C@H]1COc2cc(F)c(OC3OC(C(=O)O)C(O)C(O)C3O)c(-c3c(Cl)cccc3Cl)c2O1. The van der Waals surface area contributed by atoms with Crippen molar-refractivity contribution >= 4 is 29.2 Å². The number of aliphatic hydroxyl groups is 3. The first kappa shape index (κ1) is 24.7. The molecule has 0 saturated carbocycles. The second kappa shape index (κ2) is 9.70. The molecule has 4 rings (SSSR count). The van der Waals surface area contributed by atoms with E-state index in [0.717, 1.165) is 6.07 Å². The van der Waals surface area contributed by atoms with Gasteiger partial charge in [0.05, 0.1) is 15.6 Å². The largest absolute Gasteiger partial charge is 0.486 e. The van der Waals surface area contributed by atoms with Crippen LogP contribution >= 0.6 is 23.2 Å². The molecule has 1 fully saturated rings. The fourth-order valence-electron chi connectivity index (χ4n) is 3.66. The normalized spacial score (nSPS) is 28.4. The van der Waals surface area contributed by atoms with E-state index < -0.39 is 54.3 Å². The van der Waals surface area contributed by atoms with Crippen LogP contribution in [-0.4, -0.2) is 76.4 Å². The molecular formula is C21H20Cl2FNO9. The summed E-state index contributed by atoms with van der Waals surface area (Å²) in [5.74, 6) is -3.22. The lowest BCUT2D eigenvalue weighted by Crippen LogP contribution is -2.61. The van der Waals surface area contributed by atoms with Gasteiger partial charge in [0.2, 0.25) is 6.29 Å². The van der Waals surface area contributed by atoms with Crippen molar-refractivity contribution in [1.29, 1.82) is 0 Å². The molecule has 2 aliphatic heterocycles. The molecule has 0 aromatic heterocycles. The first-order chi connectivity index (χ1) is 16.1. The first-order valence-electron chi connectivity index (χ1n) is 10.0. The monoisotopic (exact) mass is 519 g/mol. The van der Waals surface area contributed by atoms with Crippen LogP contribution in [0.2, 0.25) is 10.0 Å². The predicted molar refractivity (Wildman–Crippen MR) is 116 cm³/mol. The fraction of sp³-hybridized carbons (Fsp3) is 0.381. The van der Waals surface area contributed by atoms with E-state index in [0.29, 0.717) is 0 Å². The van der Waals surface area contributed by atoms with Crippen molar-refractivity contribution in [3.63, 3.8) is 0 Å². The Morgan fingerprint density at radius 1 is 1.15 bits per heavy atom. The summed E-state index contributed by atoms with van der Waals surface area (Å²) < 4.78 is 37.5. The van der Waals surface area contributed by atoms with E-state index in [1.807, 2.05) is 0 Å². The van der Waals surface area contributed by atoms with Gasteiger partial charge >= 0.3 is 5.97 Å². The van der Waals surface area contributed by atoms with Crippen LogP contribution in [0.25, 0.3) is 11.1 Å². The van der Waals surface area contributed by atoms with Gasteiger partial charge in [-0.3, -0.25) is 0 Å². The molecule has 2 aromatic carbocycles. The number of hydrogen-bond donors (Lipinski definition) is 5. The molecule has 34 heavy (non-hydrogen) atoms. The van der Waals surface area contributed by atoms with E-state index in [9.17, 15) is 25.2 Å². The third kappa shape index (κ3) is 4.36. The fourth-order valence-corrected chi connectivity index (χ4v) is 4.25. The molecule has 0 amide bonds. The lowest BCUT2D eigenvalue weighted by molar-refractivity contribution is -0.271.